The summed E-state index contributed by atoms with van der Waals surface area (Å²) in [5.74, 6) is -0.823. The molecule has 0 fully saturated rings. The SMILES string of the molecule is O=C(CCCN1C(=O)c2cccc3cccc(c23)C1=O)Nc1ccccc1-n1cccn1. The van der Waals surface area contributed by atoms with Gasteiger partial charge in [-0.3, -0.25) is 19.3 Å². The molecule has 0 spiro atoms. The molecule has 158 valence electrons. The smallest absolute Gasteiger partial charge is 0.261 e. The van der Waals surface area contributed by atoms with Crippen LogP contribution in [0.1, 0.15) is 33.6 Å². The highest BCUT2D eigenvalue weighted by Crippen LogP contribution is 2.30. The summed E-state index contributed by atoms with van der Waals surface area (Å²) in [5, 5.41) is 8.69. The Morgan fingerprint density at radius 2 is 1.59 bits per heavy atom. The van der Waals surface area contributed by atoms with E-state index in [9.17, 15) is 14.4 Å². The average Bonchev–Trinajstić information content (AvgIpc) is 3.35. The first-order chi connectivity index (χ1) is 15.6. The Morgan fingerprint density at radius 3 is 2.28 bits per heavy atom. The number of imide groups is 1. The zero-order valence-electron chi connectivity index (χ0n) is 17.2. The fourth-order valence-electron chi connectivity index (χ4n) is 4.08. The van der Waals surface area contributed by atoms with Crippen molar-refractivity contribution in [3.63, 3.8) is 0 Å². The van der Waals surface area contributed by atoms with Crippen molar-refractivity contribution in [3.8, 4) is 5.69 Å². The largest absolute Gasteiger partial charge is 0.324 e. The molecule has 7 nitrogen and oxygen atoms in total. The van der Waals surface area contributed by atoms with E-state index in [1.54, 1.807) is 29.2 Å². The van der Waals surface area contributed by atoms with E-state index in [1.807, 2.05) is 54.6 Å². The van der Waals surface area contributed by atoms with Gasteiger partial charge in [-0.05, 0) is 42.1 Å². The van der Waals surface area contributed by atoms with Crippen molar-refractivity contribution in [2.45, 2.75) is 12.8 Å². The van der Waals surface area contributed by atoms with Gasteiger partial charge in [0.2, 0.25) is 5.91 Å². The lowest BCUT2D eigenvalue weighted by Crippen LogP contribution is -2.41. The summed E-state index contributed by atoms with van der Waals surface area (Å²) in [6.45, 7) is 0.177. The molecule has 7 heteroatoms. The number of hydrogen-bond acceptors (Lipinski definition) is 4. The first kappa shape index (κ1) is 19.7. The maximum atomic E-state index is 13.0. The molecule has 2 heterocycles. The van der Waals surface area contributed by atoms with Gasteiger partial charge in [0.25, 0.3) is 11.8 Å². The summed E-state index contributed by atoms with van der Waals surface area (Å²) in [5.41, 5.74) is 2.45. The van der Waals surface area contributed by atoms with Crippen LogP contribution in [0.2, 0.25) is 0 Å². The van der Waals surface area contributed by atoms with Gasteiger partial charge < -0.3 is 5.32 Å². The molecule has 0 saturated heterocycles. The van der Waals surface area contributed by atoms with Crippen molar-refractivity contribution in [2.75, 3.05) is 11.9 Å². The molecule has 3 aromatic carbocycles. The van der Waals surface area contributed by atoms with E-state index in [0.29, 0.717) is 28.6 Å². The Balaban J connectivity index is 1.26. The zero-order valence-corrected chi connectivity index (χ0v) is 17.2. The van der Waals surface area contributed by atoms with E-state index in [0.717, 1.165) is 11.1 Å². The van der Waals surface area contributed by atoms with Gasteiger partial charge in [0.1, 0.15) is 0 Å². The molecule has 0 bridgehead atoms. The van der Waals surface area contributed by atoms with Crippen LogP contribution in [0.15, 0.2) is 79.1 Å². The molecule has 32 heavy (non-hydrogen) atoms. The van der Waals surface area contributed by atoms with Crippen molar-refractivity contribution in [1.29, 1.82) is 0 Å². The number of hydrogen-bond donors (Lipinski definition) is 1. The summed E-state index contributed by atoms with van der Waals surface area (Å²) in [7, 11) is 0. The third-order valence-corrected chi connectivity index (χ3v) is 5.57. The van der Waals surface area contributed by atoms with Crippen molar-refractivity contribution >= 4 is 34.2 Å². The molecule has 0 atom stereocenters. The number of benzene rings is 3. The van der Waals surface area contributed by atoms with Crippen LogP contribution in [0.4, 0.5) is 5.69 Å². The second-order valence-electron chi connectivity index (χ2n) is 7.59. The molecule has 3 amide bonds. The van der Waals surface area contributed by atoms with Crippen LogP contribution < -0.4 is 5.32 Å². The van der Waals surface area contributed by atoms with Crippen LogP contribution >= 0.6 is 0 Å². The van der Waals surface area contributed by atoms with Crippen LogP contribution in [-0.4, -0.2) is 38.9 Å². The van der Waals surface area contributed by atoms with Crippen molar-refractivity contribution < 1.29 is 14.4 Å². The molecule has 5 rings (SSSR count). The van der Waals surface area contributed by atoms with Gasteiger partial charge in [0, 0.05) is 41.9 Å². The van der Waals surface area contributed by atoms with E-state index in [2.05, 4.69) is 10.4 Å². The van der Waals surface area contributed by atoms with Crippen molar-refractivity contribution in [3.05, 3.63) is 90.3 Å². The molecule has 1 aliphatic heterocycles. The number of carbonyl (C=O) groups excluding carboxylic acids is 3. The Labute approximate surface area is 184 Å². The number of carbonyl (C=O) groups is 3. The van der Waals surface area contributed by atoms with Crippen LogP contribution in [0.25, 0.3) is 16.5 Å². The molecule has 1 N–H and O–H groups in total. The van der Waals surface area contributed by atoms with E-state index in [1.165, 1.54) is 4.90 Å². The number of para-hydroxylation sites is 2. The third-order valence-electron chi connectivity index (χ3n) is 5.57. The van der Waals surface area contributed by atoms with Gasteiger partial charge in [-0.2, -0.15) is 5.10 Å². The number of rotatable bonds is 6. The molecule has 0 unspecified atom stereocenters. The predicted molar refractivity (Wildman–Crippen MR) is 121 cm³/mol. The molecular weight excluding hydrogens is 404 g/mol. The van der Waals surface area contributed by atoms with Crippen LogP contribution in [-0.2, 0) is 4.79 Å². The molecule has 4 aromatic rings. The lowest BCUT2D eigenvalue weighted by Gasteiger charge is -2.27. The highest BCUT2D eigenvalue weighted by atomic mass is 16.2. The Morgan fingerprint density at radius 1 is 0.875 bits per heavy atom. The van der Waals surface area contributed by atoms with E-state index < -0.39 is 0 Å². The van der Waals surface area contributed by atoms with Gasteiger partial charge in [0.15, 0.2) is 0 Å². The van der Waals surface area contributed by atoms with Crippen LogP contribution in [0, 0.1) is 0 Å². The number of aromatic nitrogens is 2. The van der Waals surface area contributed by atoms with E-state index >= 15 is 0 Å². The Kier molecular flexibility index (Phi) is 4.99. The van der Waals surface area contributed by atoms with Crippen LogP contribution in [0.5, 0.6) is 0 Å². The predicted octanol–water partition coefficient (Wildman–Crippen LogP) is 4.04. The van der Waals surface area contributed by atoms with Crippen molar-refractivity contribution in [2.24, 2.45) is 0 Å². The standard InChI is InChI=1S/C25H20N4O3/c30-22(27-20-11-1-2-12-21(20)29-16-6-14-26-29)13-5-15-28-24(31)18-9-3-7-17-8-4-10-19(23(17)18)25(28)32/h1-4,6-12,14,16H,5,13,15H2,(H,27,30). The van der Waals surface area contributed by atoms with E-state index in [-0.39, 0.29) is 30.7 Å². The average molecular weight is 424 g/mol. The number of amides is 3. The molecule has 0 saturated carbocycles. The van der Waals surface area contributed by atoms with Gasteiger partial charge >= 0.3 is 0 Å². The number of nitrogens with zero attached hydrogens (tertiary/aromatic N) is 3. The fraction of sp³-hybridized carbons (Fsp3) is 0.120. The third kappa shape index (κ3) is 3.43. The normalized spacial score (nSPS) is 12.9. The Bertz CT molecular complexity index is 1290. The second kappa shape index (κ2) is 8.11. The van der Waals surface area contributed by atoms with Gasteiger partial charge in [-0.25, -0.2) is 4.68 Å². The minimum atomic E-state index is -0.316. The van der Waals surface area contributed by atoms with Crippen molar-refractivity contribution in [1.82, 2.24) is 14.7 Å². The summed E-state index contributed by atoms with van der Waals surface area (Å²) in [6, 6.07) is 20.1. The Hall–Kier alpha value is -4.26. The molecule has 0 radical (unpaired) electrons. The zero-order chi connectivity index (χ0) is 22.1. The molecule has 1 aromatic heterocycles. The highest BCUT2D eigenvalue weighted by Gasteiger charge is 2.32. The topological polar surface area (TPSA) is 84.3 Å². The lowest BCUT2D eigenvalue weighted by atomic mass is 9.94. The van der Waals surface area contributed by atoms with Gasteiger partial charge in [0.05, 0.1) is 11.4 Å². The van der Waals surface area contributed by atoms with Crippen LogP contribution in [0.3, 0.4) is 0 Å². The second-order valence-corrected chi connectivity index (χ2v) is 7.59. The maximum absolute atomic E-state index is 13.0. The molecule has 0 aliphatic carbocycles. The highest BCUT2D eigenvalue weighted by molar-refractivity contribution is 6.25. The monoisotopic (exact) mass is 424 g/mol. The lowest BCUT2D eigenvalue weighted by molar-refractivity contribution is -0.116. The summed E-state index contributed by atoms with van der Waals surface area (Å²) in [4.78, 5) is 39.7. The van der Waals surface area contributed by atoms with Gasteiger partial charge in [-0.15, -0.1) is 0 Å². The number of nitrogens with one attached hydrogen (secondary N) is 1. The minimum absolute atomic E-state index is 0.177. The van der Waals surface area contributed by atoms with E-state index in [4.69, 9.17) is 0 Å². The summed E-state index contributed by atoms with van der Waals surface area (Å²) >= 11 is 0. The minimum Gasteiger partial charge on any atom is -0.324 e. The summed E-state index contributed by atoms with van der Waals surface area (Å²) < 4.78 is 1.68. The first-order valence-electron chi connectivity index (χ1n) is 10.4. The maximum Gasteiger partial charge on any atom is 0.261 e. The van der Waals surface area contributed by atoms with Gasteiger partial charge in [-0.1, -0.05) is 36.4 Å². The fourth-order valence-corrected chi connectivity index (χ4v) is 4.08. The molecular formula is C25H20N4O3. The summed E-state index contributed by atoms with van der Waals surface area (Å²) in [6.07, 6.45) is 4.02. The number of anilines is 1. The first-order valence-corrected chi connectivity index (χ1v) is 10.4. The quantitative estimate of drug-likeness (QED) is 0.474. The molecule has 1 aliphatic rings.